The summed E-state index contributed by atoms with van der Waals surface area (Å²) in [5.74, 6) is 1.49. The van der Waals surface area contributed by atoms with Crippen LogP contribution in [0.3, 0.4) is 0 Å². The second-order valence-corrected chi connectivity index (χ2v) is 6.64. The van der Waals surface area contributed by atoms with Crippen molar-refractivity contribution in [2.45, 2.75) is 38.3 Å². The summed E-state index contributed by atoms with van der Waals surface area (Å²) >= 11 is 0. The van der Waals surface area contributed by atoms with Gasteiger partial charge in [0.25, 0.3) is 0 Å². The Morgan fingerprint density at radius 2 is 2.04 bits per heavy atom. The average Bonchev–Trinajstić information content (AvgIpc) is 3.15. The van der Waals surface area contributed by atoms with E-state index in [-0.39, 0.29) is 36.4 Å². The van der Waals surface area contributed by atoms with Crippen molar-refractivity contribution in [3.05, 3.63) is 42.5 Å². The number of halogens is 1. The van der Waals surface area contributed by atoms with Gasteiger partial charge in [0.05, 0.1) is 13.1 Å². The van der Waals surface area contributed by atoms with Gasteiger partial charge in [-0.1, -0.05) is 43.7 Å². The maximum Gasteiger partial charge on any atom is 0.241 e. The standard InChI is InChI=1S/C20H30N4O2.HI/c1-4-13-26-18-12-8-5-9-16(18)14-21-20(22-15-19(25)24(2)3)23-17-10-6-7-11-17;/h4-5,8-9,12,17H,1,6-7,10-11,13-15H2,2-3H3,(H2,21,22,23);1H. The van der Waals surface area contributed by atoms with Crippen molar-refractivity contribution < 1.29 is 9.53 Å². The van der Waals surface area contributed by atoms with Crippen LogP contribution in [0.15, 0.2) is 41.9 Å². The van der Waals surface area contributed by atoms with Crippen LogP contribution in [0.4, 0.5) is 0 Å². The lowest BCUT2D eigenvalue weighted by molar-refractivity contribution is -0.127. The number of guanidine groups is 1. The van der Waals surface area contributed by atoms with Crippen LogP contribution in [0, 0.1) is 0 Å². The van der Waals surface area contributed by atoms with Crippen LogP contribution in [0.5, 0.6) is 5.75 Å². The van der Waals surface area contributed by atoms with E-state index in [0.29, 0.717) is 25.2 Å². The molecule has 2 rings (SSSR count). The molecule has 1 amide bonds. The molecule has 7 heteroatoms. The lowest BCUT2D eigenvalue weighted by Gasteiger charge is -2.18. The van der Waals surface area contributed by atoms with E-state index in [1.807, 2.05) is 24.3 Å². The number of amides is 1. The average molecular weight is 486 g/mol. The van der Waals surface area contributed by atoms with Gasteiger partial charge in [-0.05, 0) is 18.9 Å². The number of carbonyl (C=O) groups excluding carboxylic acids is 1. The number of likely N-dealkylation sites (N-methyl/N-ethyl adjacent to an activating group) is 1. The highest BCUT2D eigenvalue weighted by atomic mass is 127. The molecule has 0 saturated heterocycles. The SMILES string of the molecule is C=CCOc1ccccc1CN=C(NCC(=O)N(C)C)NC1CCCC1.I. The smallest absolute Gasteiger partial charge is 0.241 e. The summed E-state index contributed by atoms with van der Waals surface area (Å²) in [5, 5.41) is 6.61. The summed E-state index contributed by atoms with van der Waals surface area (Å²) in [5.41, 5.74) is 1.00. The van der Waals surface area contributed by atoms with Gasteiger partial charge in [0, 0.05) is 25.7 Å². The zero-order chi connectivity index (χ0) is 18.8. The van der Waals surface area contributed by atoms with Crippen LogP contribution >= 0.6 is 24.0 Å². The number of carbonyl (C=O) groups is 1. The fourth-order valence-electron chi connectivity index (χ4n) is 2.82. The monoisotopic (exact) mass is 486 g/mol. The second kappa shape index (κ2) is 12.6. The van der Waals surface area contributed by atoms with Crippen LogP contribution in [-0.2, 0) is 11.3 Å². The minimum Gasteiger partial charge on any atom is -0.489 e. The summed E-state index contributed by atoms with van der Waals surface area (Å²) in [6.45, 7) is 4.85. The summed E-state index contributed by atoms with van der Waals surface area (Å²) in [7, 11) is 3.50. The van der Waals surface area contributed by atoms with E-state index in [1.165, 1.54) is 12.8 Å². The third kappa shape index (κ3) is 8.19. The van der Waals surface area contributed by atoms with Gasteiger partial charge in [0.2, 0.25) is 5.91 Å². The first-order valence-electron chi connectivity index (χ1n) is 9.16. The molecule has 0 aliphatic heterocycles. The quantitative estimate of drug-likeness (QED) is 0.257. The molecule has 2 N–H and O–H groups in total. The van der Waals surface area contributed by atoms with E-state index in [2.05, 4.69) is 22.2 Å². The fourth-order valence-corrected chi connectivity index (χ4v) is 2.82. The molecule has 1 saturated carbocycles. The maximum absolute atomic E-state index is 11.9. The summed E-state index contributed by atoms with van der Waals surface area (Å²) in [6, 6.07) is 8.26. The zero-order valence-electron chi connectivity index (χ0n) is 16.2. The Balaban J connectivity index is 0.00000364. The Bertz CT molecular complexity index is 628. The van der Waals surface area contributed by atoms with Crippen LogP contribution in [0.2, 0.25) is 0 Å². The van der Waals surface area contributed by atoms with Gasteiger partial charge in [-0.3, -0.25) is 4.79 Å². The van der Waals surface area contributed by atoms with Crippen molar-refractivity contribution >= 4 is 35.8 Å². The number of rotatable bonds is 8. The number of benzene rings is 1. The molecule has 0 spiro atoms. The van der Waals surface area contributed by atoms with Gasteiger partial charge in [-0.15, -0.1) is 24.0 Å². The molecule has 1 aromatic rings. The Hall–Kier alpha value is -1.77. The molecule has 1 fully saturated rings. The number of hydrogen-bond donors (Lipinski definition) is 2. The van der Waals surface area contributed by atoms with E-state index >= 15 is 0 Å². The number of nitrogens with one attached hydrogen (secondary N) is 2. The molecule has 6 nitrogen and oxygen atoms in total. The molecule has 0 atom stereocenters. The fraction of sp³-hybridized carbons (Fsp3) is 0.500. The molecular formula is C20H31IN4O2. The largest absolute Gasteiger partial charge is 0.489 e. The Morgan fingerprint density at radius 1 is 1.33 bits per heavy atom. The normalized spacial score (nSPS) is 14.2. The molecule has 0 aromatic heterocycles. The van der Waals surface area contributed by atoms with Gasteiger partial charge in [0.1, 0.15) is 12.4 Å². The van der Waals surface area contributed by atoms with Crippen molar-refractivity contribution in [1.82, 2.24) is 15.5 Å². The van der Waals surface area contributed by atoms with Crippen molar-refractivity contribution in [1.29, 1.82) is 0 Å². The van der Waals surface area contributed by atoms with Gasteiger partial charge in [-0.25, -0.2) is 4.99 Å². The Morgan fingerprint density at radius 3 is 2.70 bits per heavy atom. The molecule has 0 radical (unpaired) electrons. The van der Waals surface area contributed by atoms with E-state index in [1.54, 1.807) is 25.1 Å². The Kier molecular flexibility index (Phi) is 10.8. The van der Waals surface area contributed by atoms with Crippen LogP contribution in [-0.4, -0.2) is 50.1 Å². The predicted molar refractivity (Wildman–Crippen MR) is 121 cm³/mol. The van der Waals surface area contributed by atoms with Gasteiger partial charge in [-0.2, -0.15) is 0 Å². The topological polar surface area (TPSA) is 66.0 Å². The highest BCUT2D eigenvalue weighted by Crippen LogP contribution is 2.19. The first-order chi connectivity index (χ1) is 12.6. The second-order valence-electron chi connectivity index (χ2n) is 6.64. The molecule has 1 aliphatic carbocycles. The zero-order valence-corrected chi connectivity index (χ0v) is 18.6. The molecule has 1 aliphatic rings. The van der Waals surface area contributed by atoms with E-state index in [0.717, 1.165) is 24.2 Å². The minimum absolute atomic E-state index is 0. The van der Waals surface area contributed by atoms with Gasteiger partial charge in [0.15, 0.2) is 5.96 Å². The van der Waals surface area contributed by atoms with E-state index < -0.39 is 0 Å². The first kappa shape index (κ1) is 23.3. The lowest BCUT2D eigenvalue weighted by atomic mass is 10.2. The lowest BCUT2D eigenvalue weighted by Crippen LogP contribution is -2.46. The molecule has 1 aromatic carbocycles. The van der Waals surface area contributed by atoms with E-state index in [4.69, 9.17) is 4.74 Å². The molecule has 0 unspecified atom stereocenters. The van der Waals surface area contributed by atoms with Crippen molar-refractivity contribution in [2.24, 2.45) is 4.99 Å². The van der Waals surface area contributed by atoms with Crippen LogP contribution < -0.4 is 15.4 Å². The van der Waals surface area contributed by atoms with Crippen molar-refractivity contribution in [3.8, 4) is 5.75 Å². The highest BCUT2D eigenvalue weighted by Gasteiger charge is 2.17. The van der Waals surface area contributed by atoms with Gasteiger partial charge >= 0.3 is 0 Å². The number of ether oxygens (including phenoxy) is 1. The van der Waals surface area contributed by atoms with Gasteiger partial charge < -0.3 is 20.3 Å². The summed E-state index contributed by atoms with van der Waals surface area (Å²) in [4.78, 5) is 18.1. The molecule has 150 valence electrons. The van der Waals surface area contributed by atoms with Crippen LogP contribution in [0.1, 0.15) is 31.2 Å². The van der Waals surface area contributed by atoms with Crippen molar-refractivity contribution in [2.75, 3.05) is 27.2 Å². The number of nitrogens with zero attached hydrogens (tertiary/aromatic N) is 2. The number of para-hydroxylation sites is 1. The third-order valence-electron chi connectivity index (χ3n) is 4.34. The third-order valence-corrected chi connectivity index (χ3v) is 4.34. The minimum atomic E-state index is 0. The van der Waals surface area contributed by atoms with Crippen LogP contribution in [0.25, 0.3) is 0 Å². The highest BCUT2D eigenvalue weighted by molar-refractivity contribution is 14.0. The molecule has 0 bridgehead atoms. The predicted octanol–water partition coefficient (Wildman–Crippen LogP) is 2.94. The summed E-state index contributed by atoms with van der Waals surface area (Å²) in [6.07, 6.45) is 6.48. The first-order valence-corrected chi connectivity index (χ1v) is 9.16. The van der Waals surface area contributed by atoms with Crippen molar-refractivity contribution in [3.63, 3.8) is 0 Å². The molecule has 27 heavy (non-hydrogen) atoms. The number of aliphatic imine (C=N–C) groups is 1. The maximum atomic E-state index is 11.9. The summed E-state index contributed by atoms with van der Waals surface area (Å²) < 4.78 is 5.69. The van der Waals surface area contributed by atoms with E-state index in [9.17, 15) is 4.79 Å². The number of hydrogen-bond acceptors (Lipinski definition) is 3. The molecule has 0 heterocycles. The Labute approximate surface area is 179 Å². The molecular weight excluding hydrogens is 455 g/mol.